The topological polar surface area (TPSA) is 38.9 Å². The number of nitrogens with zero attached hydrogens (tertiary/aromatic N) is 2. The van der Waals surface area contributed by atoms with Crippen LogP contribution in [0.1, 0.15) is 99.6 Å². The normalized spacial score (nSPS) is 20.2. The molecule has 9 rings (SSSR count). The second-order valence-corrected chi connectivity index (χ2v) is 13.6. The van der Waals surface area contributed by atoms with Gasteiger partial charge in [-0.3, -0.25) is 0 Å². The number of aryl methyl sites for hydroxylation is 3. The average molecular weight is 843 g/mol. The standard InChI is InChI=1S/C32H30NO.C14H14N.Ir/c1-4-16-32(17-5-1)18-13-22(14-19-32)24-15-20-33-29(21-24)28-10-6-9-26-27-12-11-23-7-2-3-8-25(23)30(27)34-31(26)28;1-10-4-6-13(7-5-10)14-8-11(2)12(3)9-15-14;/h2-3,6-9,11-12,15,20-22H,1,4-5,13-14,16-19H2;4-6,8-9H,1-3H3;/q2*-1;/i22D;1D3,2D3,3D3;. The first-order valence-corrected chi connectivity index (χ1v) is 17.2. The van der Waals surface area contributed by atoms with E-state index in [-0.39, 0.29) is 42.5 Å². The zero-order valence-corrected chi connectivity index (χ0v) is 30.1. The van der Waals surface area contributed by atoms with E-state index < -0.39 is 26.4 Å². The van der Waals surface area contributed by atoms with Gasteiger partial charge < -0.3 is 14.4 Å². The van der Waals surface area contributed by atoms with Crippen molar-refractivity contribution in [2.45, 2.75) is 84.2 Å². The van der Waals surface area contributed by atoms with Crippen LogP contribution in [0, 0.1) is 38.1 Å². The number of hydrogen-bond acceptors (Lipinski definition) is 3. The van der Waals surface area contributed by atoms with Gasteiger partial charge in [-0.15, -0.1) is 53.6 Å². The Hall–Kier alpha value is -4.11. The van der Waals surface area contributed by atoms with Gasteiger partial charge in [-0.2, -0.15) is 0 Å². The summed E-state index contributed by atoms with van der Waals surface area (Å²) in [5.74, 6) is -0.529. The number of benzene rings is 4. The number of furan rings is 1. The maximum absolute atomic E-state index is 9.40. The first kappa shape index (κ1) is 24.1. The van der Waals surface area contributed by atoms with Crippen molar-refractivity contribution >= 4 is 32.7 Å². The van der Waals surface area contributed by atoms with Gasteiger partial charge in [0.05, 0.1) is 5.58 Å². The van der Waals surface area contributed by atoms with E-state index in [4.69, 9.17) is 21.7 Å². The summed E-state index contributed by atoms with van der Waals surface area (Å²) in [6.07, 6.45) is 14.0. The summed E-state index contributed by atoms with van der Waals surface area (Å²) < 4.78 is 82.8. The fraction of sp³-hybridized carbons (Fsp3) is 0.304. The fourth-order valence-electron chi connectivity index (χ4n) is 7.81. The molecule has 4 heteroatoms. The molecule has 0 saturated heterocycles. The summed E-state index contributed by atoms with van der Waals surface area (Å²) in [6, 6.07) is 32.4. The van der Waals surface area contributed by atoms with Crippen LogP contribution in [0.25, 0.3) is 55.2 Å². The van der Waals surface area contributed by atoms with E-state index in [1.807, 2.05) is 12.3 Å². The molecule has 0 aliphatic heterocycles. The van der Waals surface area contributed by atoms with Crippen molar-refractivity contribution in [3.05, 3.63) is 132 Å². The molecule has 2 aliphatic rings. The first-order valence-electron chi connectivity index (χ1n) is 22.2. The maximum atomic E-state index is 9.40. The summed E-state index contributed by atoms with van der Waals surface area (Å²) in [5, 5.41) is 4.50. The van der Waals surface area contributed by atoms with Crippen LogP contribution in [0.4, 0.5) is 0 Å². The Balaban J connectivity index is 0.000000193. The Morgan fingerprint density at radius 1 is 0.760 bits per heavy atom. The van der Waals surface area contributed by atoms with E-state index in [2.05, 4.69) is 71.7 Å². The minimum atomic E-state index is -2.61. The van der Waals surface area contributed by atoms with Gasteiger partial charge in [0.25, 0.3) is 0 Å². The predicted octanol–water partition coefficient (Wildman–Crippen LogP) is 12.7. The van der Waals surface area contributed by atoms with Crippen molar-refractivity contribution < 1.29 is 38.2 Å². The molecular formula is C46H44IrN2O-2. The van der Waals surface area contributed by atoms with Crippen molar-refractivity contribution in [3.8, 4) is 22.5 Å². The molecule has 50 heavy (non-hydrogen) atoms. The molecule has 0 unspecified atom stereocenters. The Labute approximate surface area is 324 Å². The molecule has 4 aromatic carbocycles. The van der Waals surface area contributed by atoms with Gasteiger partial charge in [-0.05, 0) is 91.9 Å². The van der Waals surface area contributed by atoms with Gasteiger partial charge in [0, 0.05) is 57.0 Å². The van der Waals surface area contributed by atoms with E-state index in [1.54, 1.807) is 0 Å². The molecule has 1 radical (unpaired) electrons. The van der Waals surface area contributed by atoms with Crippen molar-refractivity contribution in [1.29, 1.82) is 0 Å². The second-order valence-electron chi connectivity index (χ2n) is 13.6. The number of rotatable bonds is 3. The molecule has 0 atom stereocenters. The minimum absolute atomic E-state index is 0. The second kappa shape index (κ2) is 14.6. The van der Waals surface area contributed by atoms with E-state index in [0.29, 0.717) is 11.0 Å². The van der Waals surface area contributed by atoms with E-state index in [9.17, 15) is 1.37 Å². The van der Waals surface area contributed by atoms with E-state index in [0.717, 1.165) is 63.2 Å². The molecule has 2 saturated carbocycles. The summed E-state index contributed by atoms with van der Waals surface area (Å²) in [6.45, 7) is -7.47. The Bertz CT molecular complexity index is 2630. The van der Waals surface area contributed by atoms with Crippen molar-refractivity contribution in [1.82, 2.24) is 9.97 Å². The third-order valence-electron chi connectivity index (χ3n) is 10.6. The summed E-state index contributed by atoms with van der Waals surface area (Å²) in [4.78, 5) is 8.73. The van der Waals surface area contributed by atoms with E-state index >= 15 is 0 Å². The summed E-state index contributed by atoms with van der Waals surface area (Å²) in [5.41, 5.74) is 5.12. The monoisotopic (exact) mass is 843 g/mol. The average Bonchev–Trinajstić information content (AvgIpc) is 3.61. The molecule has 1 spiro atoms. The molecule has 2 fully saturated rings. The first-order chi connectivity index (χ1) is 27.9. The Kier molecular flexibility index (Phi) is 7.06. The van der Waals surface area contributed by atoms with Gasteiger partial charge >= 0.3 is 0 Å². The smallest absolute Gasteiger partial charge is 0.128 e. The van der Waals surface area contributed by atoms with Crippen LogP contribution in [-0.2, 0) is 20.1 Å². The third-order valence-corrected chi connectivity index (χ3v) is 10.6. The number of fused-ring (bicyclic) bond motifs is 5. The van der Waals surface area contributed by atoms with Crippen molar-refractivity contribution in [2.75, 3.05) is 0 Å². The van der Waals surface area contributed by atoms with Gasteiger partial charge in [-0.1, -0.05) is 96.7 Å². The number of aromatic nitrogens is 2. The third kappa shape index (κ3) is 6.81. The molecule has 0 bridgehead atoms. The minimum Gasteiger partial charge on any atom is -0.500 e. The van der Waals surface area contributed by atoms with Crippen LogP contribution in [-0.4, -0.2) is 9.97 Å². The molecule has 3 nitrogen and oxygen atoms in total. The van der Waals surface area contributed by atoms with Crippen LogP contribution in [0.5, 0.6) is 0 Å². The molecule has 0 amide bonds. The summed E-state index contributed by atoms with van der Waals surface area (Å²) in [7, 11) is 0. The van der Waals surface area contributed by atoms with E-state index in [1.165, 1.54) is 74.6 Å². The Morgan fingerprint density at radius 2 is 1.60 bits per heavy atom. The molecule has 7 aromatic rings. The van der Waals surface area contributed by atoms with Gasteiger partial charge in [-0.25, -0.2) is 0 Å². The maximum Gasteiger partial charge on any atom is 0.128 e. The van der Waals surface area contributed by atoms with Gasteiger partial charge in [0.15, 0.2) is 0 Å². The Morgan fingerprint density at radius 3 is 2.40 bits per heavy atom. The molecule has 3 aromatic heterocycles. The number of hydrogen-bond donors (Lipinski definition) is 0. The fourth-order valence-corrected chi connectivity index (χ4v) is 7.81. The van der Waals surface area contributed by atoms with Crippen LogP contribution in [0.3, 0.4) is 0 Å². The molecule has 2 aliphatic carbocycles. The zero-order valence-electron chi connectivity index (χ0n) is 37.7. The SMILES string of the molecule is [2H]C([2H])([2H])c1c[c-]c(-c2cc(C([2H])([2H])[2H])c(C([2H])([2H])[2H])cn2)cc1.[2H]C1(c2ccnc(-c3[c-]ccc4c3oc3c5ccccc5ccc43)c2)CCC2(CCCCC2)CC1.[Ir]. The van der Waals surface area contributed by atoms with Crippen molar-refractivity contribution in [3.63, 3.8) is 0 Å². The quantitative estimate of drug-likeness (QED) is 0.166. The van der Waals surface area contributed by atoms with Crippen molar-refractivity contribution in [2.24, 2.45) is 5.41 Å². The van der Waals surface area contributed by atoms with Crippen LogP contribution >= 0.6 is 0 Å². The zero-order chi connectivity index (χ0) is 41.8. The molecule has 0 N–H and O–H groups in total. The predicted molar refractivity (Wildman–Crippen MR) is 203 cm³/mol. The molecule has 255 valence electrons. The largest absolute Gasteiger partial charge is 0.500 e. The van der Waals surface area contributed by atoms with Crippen LogP contribution in [0.2, 0.25) is 0 Å². The van der Waals surface area contributed by atoms with Crippen LogP contribution in [0.15, 0.2) is 102 Å². The van der Waals surface area contributed by atoms with Gasteiger partial charge in [0.1, 0.15) is 5.58 Å². The van der Waals surface area contributed by atoms with Crippen LogP contribution < -0.4 is 0 Å². The number of pyridine rings is 2. The van der Waals surface area contributed by atoms with Gasteiger partial charge in [0.2, 0.25) is 0 Å². The summed E-state index contributed by atoms with van der Waals surface area (Å²) >= 11 is 0. The molecular weight excluding hydrogens is 789 g/mol. The molecule has 3 heterocycles.